The first kappa shape index (κ1) is 15.1. The number of hydrogen-bond acceptors (Lipinski definition) is 6. The summed E-state index contributed by atoms with van der Waals surface area (Å²) in [5.41, 5.74) is 0.980. The Labute approximate surface area is 137 Å². The second kappa shape index (κ2) is 6.97. The van der Waals surface area contributed by atoms with Gasteiger partial charge in [-0.2, -0.15) is 0 Å². The van der Waals surface area contributed by atoms with Gasteiger partial charge in [-0.15, -0.1) is 0 Å². The molecule has 0 radical (unpaired) electrons. The molecule has 7 heteroatoms. The molecule has 23 heavy (non-hydrogen) atoms. The molecule has 1 N–H and O–H groups in total. The first-order chi connectivity index (χ1) is 11.2. The van der Waals surface area contributed by atoms with Crippen LogP contribution >= 0.6 is 11.8 Å². The molecule has 3 aromatic rings. The van der Waals surface area contributed by atoms with E-state index in [1.807, 2.05) is 18.2 Å². The van der Waals surface area contributed by atoms with E-state index in [1.165, 1.54) is 11.8 Å². The fraction of sp³-hybridized carbons (Fsp3) is 0.0625. The number of carbonyl (C=O) groups excluding carboxylic acids is 1. The molecule has 0 fully saturated rings. The fourth-order valence-electron chi connectivity index (χ4n) is 1.84. The van der Waals surface area contributed by atoms with Crippen molar-refractivity contribution in [2.45, 2.75) is 17.0 Å². The molecular weight excluding hydrogens is 310 g/mol. The first-order valence-electron chi connectivity index (χ1n) is 6.87. The van der Waals surface area contributed by atoms with Crippen LogP contribution < -0.4 is 5.32 Å². The average Bonchev–Trinajstić information content (AvgIpc) is 2.56. The third-order valence-electron chi connectivity index (χ3n) is 2.85. The van der Waals surface area contributed by atoms with Crippen LogP contribution in [-0.4, -0.2) is 25.8 Å². The smallest absolute Gasteiger partial charge is 0.274 e. The van der Waals surface area contributed by atoms with Gasteiger partial charge in [-0.25, -0.2) is 19.9 Å². The number of pyridine rings is 2. The van der Waals surface area contributed by atoms with E-state index in [0.717, 1.165) is 10.1 Å². The lowest BCUT2D eigenvalue weighted by molar-refractivity contribution is 0.102. The van der Waals surface area contributed by atoms with Crippen molar-refractivity contribution in [1.29, 1.82) is 0 Å². The Morgan fingerprint density at radius 1 is 1.00 bits per heavy atom. The summed E-state index contributed by atoms with van der Waals surface area (Å²) >= 11 is 1.43. The highest BCUT2D eigenvalue weighted by molar-refractivity contribution is 7.99. The summed E-state index contributed by atoms with van der Waals surface area (Å²) in [6.45, 7) is 1.74. The highest BCUT2D eigenvalue weighted by atomic mass is 32.2. The highest BCUT2D eigenvalue weighted by Crippen LogP contribution is 2.25. The molecule has 0 aliphatic heterocycles. The molecular formula is C16H13N5OS. The molecule has 0 bridgehead atoms. The van der Waals surface area contributed by atoms with Gasteiger partial charge >= 0.3 is 0 Å². The number of rotatable bonds is 4. The standard InChI is InChI=1S/C16H13N5OS/c1-11-17-9-6-13(20-11)16(22)21-12-5-8-19-15(10-12)23-14-4-2-3-7-18-14/h2-10H,1H3,(H,19,21,22). The van der Waals surface area contributed by atoms with Crippen LogP contribution in [0.2, 0.25) is 0 Å². The zero-order valence-corrected chi connectivity index (χ0v) is 13.1. The third-order valence-corrected chi connectivity index (χ3v) is 3.73. The second-order valence-corrected chi connectivity index (χ2v) is 5.64. The van der Waals surface area contributed by atoms with Gasteiger partial charge in [0.1, 0.15) is 21.6 Å². The number of carbonyl (C=O) groups is 1. The van der Waals surface area contributed by atoms with Crippen LogP contribution in [0.5, 0.6) is 0 Å². The molecule has 6 nitrogen and oxygen atoms in total. The lowest BCUT2D eigenvalue weighted by Gasteiger charge is -2.06. The number of nitrogens with zero attached hydrogens (tertiary/aromatic N) is 4. The minimum absolute atomic E-state index is 0.282. The lowest BCUT2D eigenvalue weighted by Crippen LogP contribution is -2.14. The van der Waals surface area contributed by atoms with Crippen molar-refractivity contribution in [2.75, 3.05) is 5.32 Å². The normalized spacial score (nSPS) is 10.3. The van der Waals surface area contributed by atoms with Crippen LogP contribution in [0.3, 0.4) is 0 Å². The first-order valence-corrected chi connectivity index (χ1v) is 7.68. The van der Waals surface area contributed by atoms with Gasteiger partial charge in [0.15, 0.2) is 0 Å². The quantitative estimate of drug-likeness (QED) is 0.795. The maximum Gasteiger partial charge on any atom is 0.274 e. The van der Waals surface area contributed by atoms with E-state index in [9.17, 15) is 4.79 Å². The molecule has 0 aliphatic carbocycles. The van der Waals surface area contributed by atoms with Gasteiger partial charge in [0.25, 0.3) is 5.91 Å². The summed E-state index contributed by atoms with van der Waals surface area (Å²) in [5.74, 6) is 0.272. The van der Waals surface area contributed by atoms with Crippen molar-refractivity contribution in [2.24, 2.45) is 0 Å². The molecule has 3 rings (SSSR count). The van der Waals surface area contributed by atoms with Crippen LogP contribution in [0.1, 0.15) is 16.3 Å². The van der Waals surface area contributed by atoms with E-state index in [-0.39, 0.29) is 5.91 Å². The number of anilines is 1. The van der Waals surface area contributed by atoms with Gasteiger partial charge in [-0.3, -0.25) is 4.79 Å². The molecule has 114 valence electrons. The Morgan fingerprint density at radius 3 is 2.61 bits per heavy atom. The second-order valence-electron chi connectivity index (χ2n) is 4.60. The maximum atomic E-state index is 12.2. The van der Waals surface area contributed by atoms with Gasteiger partial charge in [-0.05, 0) is 37.3 Å². The molecule has 0 atom stereocenters. The lowest BCUT2D eigenvalue weighted by atomic mass is 10.3. The maximum absolute atomic E-state index is 12.2. The van der Waals surface area contributed by atoms with Crippen molar-refractivity contribution in [3.05, 3.63) is 66.5 Å². The molecule has 0 aliphatic rings. The zero-order chi connectivity index (χ0) is 16.1. The summed E-state index contributed by atoms with van der Waals surface area (Å²) in [4.78, 5) is 28.8. The number of nitrogens with one attached hydrogen (secondary N) is 1. The zero-order valence-electron chi connectivity index (χ0n) is 12.3. The number of aromatic nitrogens is 4. The fourth-order valence-corrected chi connectivity index (χ4v) is 2.61. The van der Waals surface area contributed by atoms with Crippen molar-refractivity contribution >= 4 is 23.4 Å². The SMILES string of the molecule is Cc1nccc(C(=O)Nc2ccnc(Sc3ccccn3)c2)n1. The summed E-state index contributed by atoms with van der Waals surface area (Å²) < 4.78 is 0. The minimum atomic E-state index is -0.282. The predicted molar refractivity (Wildman–Crippen MR) is 87.3 cm³/mol. The van der Waals surface area contributed by atoms with E-state index < -0.39 is 0 Å². The van der Waals surface area contributed by atoms with Gasteiger partial charge in [-0.1, -0.05) is 17.8 Å². The molecule has 0 aromatic carbocycles. The summed E-state index contributed by atoms with van der Waals surface area (Å²) in [6.07, 6.45) is 4.93. The summed E-state index contributed by atoms with van der Waals surface area (Å²) in [7, 11) is 0. The Kier molecular flexibility index (Phi) is 4.58. The molecule has 3 aromatic heterocycles. The van der Waals surface area contributed by atoms with E-state index >= 15 is 0 Å². The van der Waals surface area contributed by atoms with Gasteiger partial charge in [0.05, 0.1) is 0 Å². The Hall–Kier alpha value is -2.80. The van der Waals surface area contributed by atoms with E-state index in [2.05, 4.69) is 25.3 Å². The largest absolute Gasteiger partial charge is 0.321 e. The molecule has 0 unspecified atom stereocenters. The number of aryl methyl sites for hydroxylation is 1. The van der Waals surface area contributed by atoms with E-state index in [4.69, 9.17) is 0 Å². The van der Waals surface area contributed by atoms with E-state index in [0.29, 0.717) is 17.2 Å². The van der Waals surface area contributed by atoms with Crippen LogP contribution in [0.15, 0.2) is 65.0 Å². The molecule has 0 spiro atoms. The molecule has 1 amide bonds. The van der Waals surface area contributed by atoms with Gasteiger partial charge in [0, 0.05) is 24.3 Å². The Bertz CT molecular complexity index is 825. The van der Waals surface area contributed by atoms with Crippen molar-refractivity contribution in [3.63, 3.8) is 0 Å². The van der Waals surface area contributed by atoms with Crippen LogP contribution in [0, 0.1) is 6.92 Å². The predicted octanol–water partition coefficient (Wildman–Crippen LogP) is 2.98. The third kappa shape index (κ3) is 4.10. The number of hydrogen-bond donors (Lipinski definition) is 1. The summed E-state index contributed by atoms with van der Waals surface area (Å²) in [5, 5.41) is 4.40. The highest BCUT2D eigenvalue weighted by Gasteiger charge is 2.09. The summed E-state index contributed by atoms with van der Waals surface area (Å²) in [6, 6.07) is 10.8. The number of amides is 1. The average molecular weight is 323 g/mol. The Morgan fingerprint density at radius 2 is 1.83 bits per heavy atom. The molecule has 0 saturated heterocycles. The minimum Gasteiger partial charge on any atom is -0.321 e. The van der Waals surface area contributed by atoms with E-state index in [1.54, 1.807) is 43.7 Å². The molecule has 3 heterocycles. The monoisotopic (exact) mass is 323 g/mol. The van der Waals surface area contributed by atoms with Crippen LogP contribution in [0.4, 0.5) is 5.69 Å². The van der Waals surface area contributed by atoms with Gasteiger partial charge in [0.2, 0.25) is 0 Å². The molecule has 0 saturated carbocycles. The van der Waals surface area contributed by atoms with Crippen LogP contribution in [-0.2, 0) is 0 Å². The van der Waals surface area contributed by atoms with Crippen LogP contribution in [0.25, 0.3) is 0 Å². The Balaban J connectivity index is 1.74. The van der Waals surface area contributed by atoms with Gasteiger partial charge < -0.3 is 5.32 Å². The van der Waals surface area contributed by atoms with Crippen molar-refractivity contribution < 1.29 is 4.79 Å². The van der Waals surface area contributed by atoms with Crippen molar-refractivity contribution in [1.82, 2.24) is 19.9 Å². The topological polar surface area (TPSA) is 80.7 Å². The van der Waals surface area contributed by atoms with Crippen molar-refractivity contribution in [3.8, 4) is 0 Å².